The van der Waals surface area contributed by atoms with Crippen LogP contribution in [0, 0.1) is 0 Å². The molecule has 0 spiro atoms. The molecule has 1 aromatic rings. The molecule has 1 aliphatic carbocycles. The number of aliphatic hydroxyl groups excluding tert-OH is 1. The van der Waals surface area contributed by atoms with Crippen molar-refractivity contribution in [3.05, 3.63) is 35.4 Å². The Labute approximate surface area is 121 Å². The van der Waals surface area contributed by atoms with Gasteiger partial charge in [-0.3, -0.25) is 0 Å². The van der Waals surface area contributed by atoms with E-state index in [1.807, 2.05) is 36.2 Å². The summed E-state index contributed by atoms with van der Waals surface area (Å²) >= 11 is 0. The molecule has 1 fully saturated rings. The Bertz CT molecular complexity index is 413. The topological polar surface area (TPSA) is 69.7 Å². The van der Waals surface area contributed by atoms with E-state index in [1.54, 1.807) is 0 Å². The molecule has 1 aromatic carbocycles. The van der Waals surface area contributed by atoms with Crippen LogP contribution < -0.4 is 5.73 Å². The first-order valence-corrected chi connectivity index (χ1v) is 7.40. The fraction of sp³-hybridized carbons (Fsp3) is 0.625. The van der Waals surface area contributed by atoms with Gasteiger partial charge in [0.05, 0.1) is 11.7 Å². The maximum Gasteiger partial charge on any atom is 0.0916 e. The summed E-state index contributed by atoms with van der Waals surface area (Å²) in [7, 11) is 1.95. The Hall–Kier alpha value is -0.940. The number of rotatable bonds is 6. The molecule has 0 radical (unpaired) electrons. The van der Waals surface area contributed by atoms with Crippen molar-refractivity contribution in [2.75, 3.05) is 20.1 Å². The van der Waals surface area contributed by atoms with Crippen LogP contribution in [0.5, 0.6) is 0 Å². The van der Waals surface area contributed by atoms with Crippen LogP contribution >= 0.6 is 0 Å². The van der Waals surface area contributed by atoms with E-state index in [-0.39, 0.29) is 0 Å². The van der Waals surface area contributed by atoms with Crippen LogP contribution in [-0.2, 0) is 6.54 Å². The highest BCUT2D eigenvalue weighted by molar-refractivity contribution is 5.24. The first-order chi connectivity index (χ1) is 9.52. The van der Waals surface area contributed by atoms with Gasteiger partial charge in [0.25, 0.3) is 0 Å². The van der Waals surface area contributed by atoms with Crippen LogP contribution in [0.4, 0.5) is 0 Å². The molecule has 4 N–H and O–H groups in total. The van der Waals surface area contributed by atoms with Gasteiger partial charge in [-0.25, -0.2) is 0 Å². The summed E-state index contributed by atoms with van der Waals surface area (Å²) in [5.41, 5.74) is 6.97. The number of hydrogen-bond donors (Lipinski definition) is 3. The van der Waals surface area contributed by atoms with E-state index in [4.69, 9.17) is 5.73 Å². The molecule has 1 atom stereocenters. The lowest BCUT2D eigenvalue weighted by Crippen LogP contribution is -2.40. The zero-order valence-corrected chi connectivity index (χ0v) is 12.3. The van der Waals surface area contributed by atoms with E-state index in [1.165, 1.54) is 0 Å². The smallest absolute Gasteiger partial charge is 0.0916 e. The minimum Gasteiger partial charge on any atom is -0.389 e. The maximum atomic E-state index is 10.4. The van der Waals surface area contributed by atoms with E-state index in [0.29, 0.717) is 19.6 Å². The van der Waals surface area contributed by atoms with Crippen molar-refractivity contribution in [3.63, 3.8) is 0 Å². The van der Waals surface area contributed by atoms with Crippen LogP contribution in [-0.4, -0.2) is 40.9 Å². The third kappa shape index (κ3) is 4.03. The van der Waals surface area contributed by atoms with E-state index in [0.717, 1.165) is 36.8 Å². The summed E-state index contributed by atoms with van der Waals surface area (Å²) in [6, 6.07) is 7.74. The van der Waals surface area contributed by atoms with E-state index in [2.05, 4.69) is 0 Å². The van der Waals surface area contributed by atoms with E-state index >= 15 is 0 Å². The van der Waals surface area contributed by atoms with Crippen molar-refractivity contribution in [3.8, 4) is 0 Å². The average molecular weight is 278 g/mol. The Morgan fingerprint density at radius 3 is 2.40 bits per heavy atom. The van der Waals surface area contributed by atoms with E-state index in [9.17, 15) is 10.2 Å². The van der Waals surface area contributed by atoms with Crippen molar-refractivity contribution >= 4 is 0 Å². The van der Waals surface area contributed by atoms with Crippen LogP contribution in [0.15, 0.2) is 24.3 Å². The summed E-state index contributed by atoms with van der Waals surface area (Å²) in [5, 5.41) is 20.6. The minimum atomic E-state index is -0.558. The highest BCUT2D eigenvalue weighted by atomic mass is 16.3. The molecule has 1 saturated carbocycles. The molecule has 4 heteroatoms. The SMILES string of the molecule is CN(CC(O)c1ccc(CN)cc1)CC1(O)CCCC1. The molecule has 2 rings (SSSR count). The number of nitrogens with zero attached hydrogens (tertiary/aromatic N) is 1. The zero-order chi connectivity index (χ0) is 14.6. The van der Waals surface area contributed by atoms with Crippen molar-refractivity contribution in [2.45, 2.75) is 43.9 Å². The van der Waals surface area contributed by atoms with Crippen LogP contribution in [0.2, 0.25) is 0 Å². The lowest BCUT2D eigenvalue weighted by atomic mass is 10.0. The molecular weight excluding hydrogens is 252 g/mol. The number of aliphatic hydroxyl groups is 2. The third-order valence-electron chi connectivity index (χ3n) is 4.18. The molecule has 112 valence electrons. The maximum absolute atomic E-state index is 10.4. The van der Waals surface area contributed by atoms with Crippen LogP contribution in [0.25, 0.3) is 0 Å². The van der Waals surface area contributed by atoms with E-state index < -0.39 is 11.7 Å². The monoisotopic (exact) mass is 278 g/mol. The number of nitrogens with two attached hydrogens (primary N) is 1. The van der Waals surface area contributed by atoms with Gasteiger partial charge in [-0.15, -0.1) is 0 Å². The standard InChI is InChI=1S/C16H26N2O2/c1-18(12-16(20)8-2-3-9-16)11-15(19)14-6-4-13(10-17)5-7-14/h4-7,15,19-20H,2-3,8-12,17H2,1H3. The van der Waals surface area contributed by atoms with Crippen molar-refractivity contribution in [1.82, 2.24) is 4.90 Å². The van der Waals surface area contributed by atoms with Crippen LogP contribution in [0.3, 0.4) is 0 Å². The molecule has 0 bridgehead atoms. The molecule has 0 amide bonds. The molecule has 1 unspecified atom stereocenters. The first kappa shape index (κ1) is 15.4. The minimum absolute atomic E-state index is 0.517. The van der Waals surface area contributed by atoms with Crippen molar-refractivity contribution < 1.29 is 10.2 Å². The highest BCUT2D eigenvalue weighted by Gasteiger charge is 2.32. The second-order valence-electron chi connectivity index (χ2n) is 6.09. The highest BCUT2D eigenvalue weighted by Crippen LogP contribution is 2.30. The van der Waals surface area contributed by atoms with Gasteiger partial charge < -0.3 is 20.8 Å². The summed E-state index contributed by atoms with van der Waals surface area (Å²) in [6.07, 6.45) is 3.43. The molecule has 4 nitrogen and oxygen atoms in total. The summed E-state index contributed by atoms with van der Waals surface area (Å²) < 4.78 is 0. The van der Waals surface area contributed by atoms with Gasteiger partial charge in [0.1, 0.15) is 0 Å². The molecule has 20 heavy (non-hydrogen) atoms. The molecule has 0 heterocycles. The molecular formula is C16H26N2O2. The fourth-order valence-electron chi connectivity index (χ4n) is 3.03. The van der Waals surface area contributed by atoms with Gasteiger partial charge in [0.15, 0.2) is 0 Å². The van der Waals surface area contributed by atoms with Crippen LogP contribution in [0.1, 0.15) is 42.9 Å². The Kier molecular flexibility index (Phi) is 5.16. The Morgan fingerprint density at radius 2 is 1.85 bits per heavy atom. The largest absolute Gasteiger partial charge is 0.389 e. The van der Waals surface area contributed by atoms with Gasteiger partial charge in [0.2, 0.25) is 0 Å². The second kappa shape index (κ2) is 6.68. The fourth-order valence-corrected chi connectivity index (χ4v) is 3.03. The van der Waals surface area contributed by atoms with Crippen molar-refractivity contribution in [1.29, 1.82) is 0 Å². The quantitative estimate of drug-likeness (QED) is 0.736. The Morgan fingerprint density at radius 1 is 1.25 bits per heavy atom. The first-order valence-electron chi connectivity index (χ1n) is 7.40. The number of benzene rings is 1. The molecule has 0 saturated heterocycles. The van der Waals surface area contributed by atoms with Gasteiger partial charge in [0, 0.05) is 19.6 Å². The van der Waals surface area contributed by atoms with Gasteiger partial charge in [-0.05, 0) is 31.0 Å². The summed E-state index contributed by atoms with van der Waals surface area (Å²) in [4.78, 5) is 2.02. The second-order valence-corrected chi connectivity index (χ2v) is 6.09. The predicted octanol–water partition coefficient (Wildman–Crippen LogP) is 1.42. The molecule has 0 aromatic heterocycles. The lowest BCUT2D eigenvalue weighted by molar-refractivity contribution is 0.00483. The summed E-state index contributed by atoms with van der Waals surface area (Å²) in [5.74, 6) is 0. The van der Waals surface area contributed by atoms with Gasteiger partial charge in [-0.2, -0.15) is 0 Å². The molecule has 0 aliphatic heterocycles. The lowest BCUT2D eigenvalue weighted by Gasteiger charge is -2.30. The number of likely N-dealkylation sites (N-methyl/N-ethyl adjacent to an activating group) is 1. The van der Waals surface area contributed by atoms with Crippen molar-refractivity contribution in [2.24, 2.45) is 5.73 Å². The molecule has 1 aliphatic rings. The zero-order valence-electron chi connectivity index (χ0n) is 12.3. The van der Waals surface area contributed by atoms with Gasteiger partial charge >= 0.3 is 0 Å². The predicted molar refractivity (Wildman–Crippen MR) is 80.2 cm³/mol. The average Bonchev–Trinajstić information content (AvgIpc) is 2.84. The summed E-state index contributed by atoms with van der Waals surface area (Å²) in [6.45, 7) is 1.68. The van der Waals surface area contributed by atoms with Gasteiger partial charge in [-0.1, -0.05) is 37.1 Å². The number of hydrogen-bond acceptors (Lipinski definition) is 4. The normalized spacial score (nSPS) is 19.4. The Balaban J connectivity index is 1.87. The third-order valence-corrected chi connectivity index (χ3v) is 4.18.